The molecule has 2 N–H and O–H groups in total. The second-order valence-electron chi connectivity index (χ2n) is 3.01. The standard InChI is InChI=1S/C8H15N5O/c1-7(14)10-8-6-13(12-11-8)5-3-4-9-2/h6,9H,3-5H2,1-2H3,(H,10,14). The van der Waals surface area contributed by atoms with E-state index in [1.54, 1.807) is 10.9 Å². The molecule has 0 bridgehead atoms. The molecule has 0 saturated carbocycles. The molecule has 0 aromatic carbocycles. The summed E-state index contributed by atoms with van der Waals surface area (Å²) in [6.07, 6.45) is 2.70. The molecule has 0 fully saturated rings. The molecule has 14 heavy (non-hydrogen) atoms. The Morgan fingerprint density at radius 3 is 3.07 bits per heavy atom. The minimum Gasteiger partial charge on any atom is -0.320 e. The normalized spacial score (nSPS) is 10.1. The Kier molecular flexibility index (Phi) is 4.06. The Balaban J connectivity index is 2.38. The van der Waals surface area contributed by atoms with Gasteiger partial charge in [0.05, 0.1) is 6.20 Å². The summed E-state index contributed by atoms with van der Waals surface area (Å²) in [5, 5.41) is 13.3. The maximum Gasteiger partial charge on any atom is 0.222 e. The molecule has 6 heteroatoms. The zero-order valence-electron chi connectivity index (χ0n) is 8.45. The van der Waals surface area contributed by atoms with E-state index < -0.39 is 0 Å². The first-order valence-electron chi connectivity index (χ1n) is 4.54. The molecule has 0 unspecified atom stereocenters. The number of nitrogens with one attached hydrogen (secondary N) is 2. The summed E-state index contributed by atoms with van der Waals surface area (Å²) in [7, 11) is 1.91. The maximum absolute atomic E-state index is 10.7. The number of anilines is 1. The molecule has 0 aliphatic carbocycles. The third-order valence-corrected chi connectivity index (χ3v) is 1.66. The van der Waals surface area contributed by atoms with Crippen LogP contribution < -0.4 is 10.6 Å². The zero-order valence-corrected chi connectivity index (χ0v) is 8.45. The number of aryl methyl sites for hydroxylation is 1. The van der Waals surface area contributed by atoms with Gasteiger partial charge in [0.2, 0.25) is 5.91 Å². The monoisotopic (exact) mass is 197 g/mol. The summed E-state index contributed by atoms with van der Waals surface area (Å²) in [4.78, 5) is 10.7. The number of amides is 1. The van der Waals surface area contributed by atoms with Gasteiger partial charge in [-0.2, -0.15) is 0 Å². The highest BCUT2D eigenvalue weighted by Crippen LogP contribution is 1.99. The highest BCUT2D eigenvalue weighted by atomic mass is 16.1. The van der Waals surface area contributed by atoms with Crippen molar-refractivity contribution in [1.82, 2.24) is 20.3 Å². The van der Waals surface area contributed by atoms with E-state index in [2.05, 4.69) is 20.9 Å². The largest absolute Gasteiger partial charge is 0.320 e. The lowest BCUT2D eigenvalue weighted by Gasteiger charge is -1.98. The van der Waals surface area contributed by atoms with Gasteiger partial charge in [0.15, 0.2) is 5.82 Å². The summed E-state index contributed by atoms with van der Waals surface area (Å²) < 4.78 is 1.71. The van der Waals surface area contributed by atoms with Crippen LogP contribution in [-0.4, -0.2) is 34.5 Å². The van der Waals surface area contributed by atoms with Crippen LogP contribution in [0.2, 0.25) is 0 Å². The number of hydrogen-bond acceptors (Lipinski definition) is 4. The Morgan fingerprint density at radius 2 is 2.43 bits per heavy atom. The zero-order chi connectivity index (χ0) is 10.4. The number of aromatic nitrogens is 3. The van der Waals surface area contributed by atoms with E-state index in [4.69, 9.17) is 0 Å². The summed E-state index contributed by atoms with van der Waals surface area (Å²) in [6, 6.07) is 0. The maximum atomic E-state index is 10.7. The molecular weight excluding hydrogens is 182 g/mol. The minimum atomic E-state index is -0.132. The smallest absolute Gasteiger partial charge is 0.222 e. The highest BCUT2D eigenvalue weighted by Gasteiger charge is 2.00. The van der Waals surface area contributed by atoms with Gasteiger partial charge in [-0.25, -0.2) is 0 Å². The molecule has 1 aromatic rings. The highest BCUT2D eigenvalue weighted by molar-refractivity contribution is 5.87. The van der Waals surface area contributed by atoms with E-state index in [1.165, 1.54) is 6.92 Å². The number of carbonyl (C=O) groups is 1. The van der Waals surface area contributed by atoms with Gasteiger partial charge in [0.1, 0.15) is 0 Å². The van der Waals surface area contributed by atoms with Crippen molar-refractivity contribution < 1.29 is 4.79 Å². The van der Waals surface area contributed by atoms with Crippen LogP contribution >= 0.6 is 0 Å². The number of rotatable bonds is 5. The molecule has 1 aromatic heterocycles. The molecule has 0 spiro atoms. The summed E-state index contributed by atoms with van der Waals surface area (Å²) in [6.45, 7) is 3.18. The van der Waals surface area contributed by atoms with Crippen LogP contribution in [0.1, 0.15) is 13.3 Å². The Hall–Kier alpha value is -1.43. The molecule has 0 saturated heterocycles. The molecule has 0 aliphatic heterocycles. The van der Waals surface area contributed by atoms with Gasteiger partial charge in [-0.15, -0.1) is 5.10 Å². The van der Waals surface area contributed by atoms with Crippen LogP contribution in [0.25, 0.3) is 0 Å². The molecular formula is C8H15N5O. The van der Waals surface area contributed by atoms with Crippen molar-refractivity contribution in [2.45, 2.75) is 19.9 Å². The molecule has 1 amide bonds. The van der Waals surface area contributed by atoms with Crippen molar-refractivity contribution in [3.05, 3.63) is 6.20 Å². The third kappa shape index (κ3) is 3.53. The third-order valence-electron chi connectivity index (χ3n) is 1.66. The van der Waals surface area contributed by atoms with Crippen molar-refractivity contribution in [2.24, 2.45) is 0 Å². The summed E-state index contributed by atoms with van der Waals surface area (Å²) >= 11 is 0. The van der Waals surface area contributed by atoms with Crippen LogP contribution in [0.5, 0.6) is 0 Å². The summed E-state index contributed by atoms with van der Waals surface area (Å²) in [5.41, 5.74) is 0. The van der Waals surface area contributed by atoms with Crippen molar-refractivity contribution in [3.63, 3.8) is 0 Å². The number of carbonyl (C=O) groups excluding carboxylic acids is 1. The van der Waals surface area contributed by atoms with Gasteiger partial charge < -0.3 is 10.6 Å². The van der Waals surface area contributed by atoms with E-state index in [-0.39, 0.29) is 5.91 Å². The van der Waals surface area contributed by atoms with Crippen molar-refractivity contribution in [3.8, 4) is 0 Å². The summed E-state index contributed by atoms with van der Waals surface area (Å²) in [5.74, 6) is 0.370. The lowest BCUT2D eigenvalue weighted by atomic mass is 10.4. The van der Waals surface area contributed by atoms with Gasteiger partial charge >= 0.3 is 0 Å². The van der Waals surface area contributed by atoms with Crippen molar-refractivity contribution >= 4 is 11.7 Å². The lowest BCUT2D eigenvalue weighted by Crippen LogP contribution is -2.11. The van der Waals surface area contributed by atoms with E-state index in [0.717, 1.165) is 19.5 Å². The Bertz CT molecular complexity index is 296. The quantitative estimate of drug-likeness (QED) is 0.644. The first kappa shape index (κ1) is 10.6. The van der Waals surface area contributed by atoms with Crippen LogP contribution in [0.4, 0.5) is 5.82 Å². The van der Waals surface area contributed by atoms with Gasteiger partial charge in [0, 0.05) is 13.5 Å². The van der Waals surface area contributed by atoms with Crippen molar-refractivity contribution in [2.75, 3.05) is 18.9 Å². The predicted molar refractivity (Wildman–Crippen MR) is 52.9 cm³/mol. The fraction of sp³-hybridized carbons (Fsp3) is 0.625. The van der Waals surface area contributed by atoms with Crippen LogP contribution in [0.15, 0.2) is 6.20 Å². The average Bonchev–Trinajstić information content (AvgIpc) is 2.52. The van der Waals surface area contributed by atoms with E-state index >= 15 is 0 Å². The molecule has 78 valence electrons. The molecule has 0 aliphatic rings. The average molecular weight is 197 g/mol. The van der Waals surface area contributed by atoms with E-state index in [9.17, 15) is 4.79 Å². The second-order valence-corrected chi connectivity index (χ2v) is 3.01. The molecule has 1 heterocycles. The van der Waals surface area contributed by atoms with E-state index in [0.29, 0.717) is 5.82 Å². The molecule has 6 nitrogen and oxygen atoms in total. The molecule has 1 rings (SSSR count). The van der Waals surface area contributed by atoms with Gasteiger partial charge in [-0.3, -0.25) is 9.48 Å². The topological polar surface area (TPSA) is 71.8 Å². The van der Waals surface area contributed by atoms with Gasteiger partial charge in [-0.05, 0) is 20.0 Å². The number of nitrogens with zero attached hydrogens (tertiary/aromatic N) is 3. The van der Waals surface area contributed by atoms with Crippen LogP contribution in [-0.2, 0) is 11.3 Å². The van der Waals surface area contributed by atoms with Crippen LogP contribution in [0, 0.1) is 0 Å². The fourth-order valence-electron chi connectivity index (χ4n) is 1.06. The van der Waals surface area contributed by atoms with E-state index in [1.807, 2.05) is 7.05 Å². The molecule has 0 atom stereocenters. The predicted octanol–water partition coefficient (Wildman–Crippen LogP) is -0.154. The second kappa shape index (κ2) is 5.33. The SMILES string of the molecule is CNCCCn1cc(NC(C)=O)nn1. The van der Waals surface area contributed by atoms with Crippen molar-refractivity contribution in [1.29, 1.82) is 0 Å². The minimum absolute atomic E-state index is 0.132. The first-order chi connectivity index (χ1) is 6.72. The lowest BCUT2D eigenvalue weighted by molar-refractivity contribution is -0.114. The Morgan fingerprint density at radius 1 is 1.64 bits per heavy atom. The first-order valence-corrected chi connectivity index (χ1v) is 4.54. The number of hydrogen-bond donors (Lipinski definition) is 2. The van der Waals surface area contributed by atoms with Gasteiger partial charge in [0.25, 0.3) is 0 Å². The Labute approximate surface area is 82.7 Å². The van der Waals surface area contributed by atoms with Crippen LogP contribution in [0.3, 0.4) is 0 Å². The fourth-order valence-corrected chi connectivity index (χ4v) is 1.06. The molecule has 0 radical (unpaired) electrons. The van der Waals surface area contributed by atoms with Gasteiger partial charge in [-0.1, -0.05) is 5.21 Å².